The molecule has 0 fully saturated rings. The molecule has 0 radical (unpaired) electrons. The second-order valence-corrected chi connectivity index (χ2v) is 19.9. The molecular weight excluding hydrogens is 635 g/mol. The fourth-order valence-electron chi connectivity index (χ4n) is 7.99. The number of benzene rings is 5. The maximum Gasteiger partial charge on any atom is 0.252 e. The van der Waals surface area contributed by atoms with Gasteiger partial charge in [-0.05, 0) is 102 Å². The van der Waals surface area contributed by atoms with Gasteiger partial charge < -0.3 is 9.80 Å². The minimum atomic E-state index is -1.83. The monoisotopic (exact) mass is 674 g/mol. The van der Waals surface area contributed by atoms with Crippen LogP contribution in [0.3, 0.4) is 0 Å². The molecule has 0 saturated heterocycles. The number of fused-ring (bicyclic) bond motifs is 4. The molecule has 2 aromatic heterocycles. The molecule has 0 aliphatic carbocycles. The van der Waals surface area contributed by atoms with Crippen LogP contribution < -0.4 is 31.4 Å². The van der Waals surface area contributed by atoms with Crippen LogP contribution in [0.5, 0.6) is 0 Å². The molecule has 0 bridgehead atoms. The Morgan fingerprint density at radius 3 is 1.31 bits per heavy atom. The Labute approximate surface area is 302 Å². The number of nitrogens with zero attached hydrogens (tertiary/aromatic N) is 4. The second-order valence-electron chi connectivity index (χ2n) is 14.9. The number of hydrogen-bond donors (Lipinski definition) is 0. The molecule has 246 valence electrons. The van der Waals surface area contributed by atoms with Gasteiger partial charge in [-0.1, -0.05) is 97.6 Å². The molecule has 0 saturated carbocycles. The Balaban J connectivity index is 1.39. The van der Waals surface area contributed by atoms with Gasteiger partial charge in [0.05, 0.1) is 30.8 Å². The number of hydrogen-bond acceptors (Lipinski definition) is 4. The van der Waals surface area contributed by atoms with Gasteiger partial charge in [0.25, 0.3) is 6.71 Å². The highest BCUT2D eigenvalue weighted by atomic mass is 28.3. The van der Waals surface area contributed by atoms with Gasteiger partial charge in [-0.15, -0.1) is 0 Å². The smallest absolute Gasteiger partial charge is 0.252 e. The minimum Gasteiger partial charge on any atom is -0.311 e. The van der Waals surface area contributed by atoms with Crippen LogP contribution in [0.1, 0.15) is 11.1 Å². The van der Waals surface area contributed by atoms with Gasteiger partial charge in [-0.3, -0.25) is 9.97 Å². The molecule has 0 atom stereocenters. The van der Waals surface area contributed by atoms with Crippen molar-refractivity contribution in [3.8, 4) is 22.5 Å². The summed E-state index contributed by atoms with van der Waals surface area (Å²) in [4.78, 5) is 14.8. The number of anilines is 6. The van der Waals surface area contributed by atoms with E-state index in [2.05, 4.69) is 177 Å². The predicted molar refractivity (Wildman–Crippen MR) is 219 cm³/mol. The highest BCUT2D eigenvalue weighted by Crippen LogP contribution is 2.47. The van der Waals surface area contributed by atoms with Crippen LogP contribution in [-0.2, 0) is 0 Å². The Morgan fingerprint density at radius 1 is 0.471 bits per heavy atom. The highest BCUT2D eigenvalue weighted by Gasteiger charge is 2.44. The molecule has 51 heavy (non-hydrogen) atoms. The van der Waals surface area contributed by atoms with Crippen LogP contribution in [0, 0.1) is 13.8 Å². The van der Waals surface area contributed by atoms with E-state index in [1.165, 1.54) is 55.5 Å². The molecule has 0 N–H and O–H groups in total. The first kappa shape index (κ1) is 31.3. The summed E-state index contributed by atoms with van der Waals surface area (Å²) in [6.45, 7) is 11.7. The largest absolute Gasteiger partial charge is 0.311 e. The molecule has 7 aromatic rings. The summed E-state index contributed by atoms with van der Waals surface area (Å²) in [5.41, 5.74) is 17.7. The predicted octanol–water partition coefficient (Wildman–Crippen LogP) is 9.06. The van der Waals surface area contributed by atoms with Gasteiger partial charge in [-0.2, -0.15) is 0 Å². The molecule has 4 heterocycles. The van der Waals surface area contributed by atoms with E-state index in [1.807, 2.05) is 12.4 Å². The lowest BCUT2D eigenvalue weighted by Crippen LogP contribution is -2.62. The van der Waals surface area contributed by atoms with E-state index in [-0.39, 0.29) is 6.71 Å². The topological polar surface area (TPSA) is 32.3 Å². The molecule has 9 rings (SSSR count). The molecular formula is C45H39BN4Si. The van der Waals surface area contributed by atoms with E-state index in [9.17, 15) is 0 Å². The quantitative estimate of drug-likeness (QED) is 0.171. The van der Waals surface area contributed by atoms with Crippen LogP contribution in [-0.4, -0.2) is 24.8 Å². The Morgan fingerprint density at radius 2 is 0.882 bits per heavy atom. The first-order valence-electron chi connectivity index (χ1n) is 17.8. The SMILES string of the molecule is Cc1ccnc(-c2ccccc2N2c3ccccc3B3c4ccccc4N(c4ccccc4-c4cc(C)ccn4)c4cc([Si](C)(C)C)cc2c43)c1. The van der Waals surface area contributed by atoms with Crippen molar-refractivity contribution in [1.29, 1.82) is 0 Å². The minimum absolute atomic E-state index is 0.0686. The third-order valence-corrected chi connectivity index (χ3v) is 12.4. The van der Waals surface area contributed by atoms with Crippen molar-refractivity contribution in [2.24, 2.45) is 0 Å². The molecule has 6 heteroatoms. The van der Waals surface area contributed by atoms with E-state index in [0.717, 1.165) is 33.9 Å². The number of para-hydroxylation sites is 4. The normalized spacial score (nSPS) is 13.1. The lowest BCUT2D eigenvalue weighted by atomic mass is 9.33. The van der Waals surface area contributed by atoms with Gasteiger partial charge >= 0.3 is 0 Å². The van der Waals surface area contributed by atoms with Crippen LogP contribution in [0.25, 0.3) is 22.5 Å². The lowest BCUT2D eigenvalue weighted by molar-refractivity contribution is 1.23. The summed E-state index contributed by atoms with van der Waals surface area (Å²) in [7, 11) is -1.83. The first-order chi connectivity index (χ1) is 24.8. The van der Waals surface area contributed by atoms with Gasteiger partial charge in [0.1, 0.15) is 0 Å². The summed E-state index contributed by atoms with van der Waals surface area (Å²) in [6.07, 6.45) is 3.84. The van der Waals surface area contributed by atoms with Gasteiger partial charge in [0.2, 0.25) is 0 Å². The third kappa shape index (κ3) is 5.13. The van der Waals surface area contributed by atoms with Crippen LogP contribution in [0.15, 0.2) is 146 Å². The summed E-state index contributed by atoms with van der Waals surface area (Å²) in [6, 6.07) is 49.1. The van der Waals surface area contributed by atoms with Gasteiger partial charge in [-0.25, -0.2) is 0 Å². The Hall–Kier alpha value is -5.72. The Kier molecular flexibility index (Phi) is 7.33. The Bertz CT molecular complexity index is 2320. The van der Waals surface area contributed by atoms with Crippen molar-refractivity contribution in [1.82, 2.24) is 9.97 Å². The third-order valence-electron chi connectivity index (χ3n) is 10.4. The maximum atomic E-state index is 4.89. The highest BCUT2D eigenvalue weighted by molar-refractivity contribution is 7.00. The molecule has 0 unspecified atom stereocenters. The van der Waals surface area contributed by atoms with E-state index < -0.39 is 8.07 Å². The van der Waals surface area contributed by atoms with E-state index in [1.54, 1.807) is 0 Å². The molecule has 2 aliphatic heterocycles. The van der Waals surface area contributed by atoms with E-state index in [0.29, 0.717) is 0 Å². The number of pyridine rings is 2. The second kappa shape index (κ2) is 12.0. The fraction of sp³-hybridized carbons (Fsp3) is 0.111. The van der Waals surface area contributed by atoms with Crippen molar-refractivity contribution < 1.29 is 0 Å². The summed E-state index contributed by atoms with van der Waals surface area (Å²) < 4.78 is 0. The van der Waals surface area contributed by atoms with Crippen LogP contribution >= 0.6 is 0 Å². The van der Waals surface area contributed by atoms with Crippen molar-refractivity contribution in [2.45, 2.75) is 33.5 Å². The van der Waals surface area contributed by atoms with Gasteiger partial charge in [0.15, 0.2) is 0 Å². The molecule has 4 nitrogen and oxygen atoms in total. The zero-order chi connectivity index (χ0) is 34.9. The average molecular weight is 675 g/mol. The first-order valence-corrected chi connectivity index (χ1v) is 21.3. The lowest BCUT2D eigenvalue weighted by Gasteiger charge is -2.45. The van der Waals surface area contributed by atoms with Crippen molar-refractivity contribution in [3.05, 3.63) is 157 Å². The van der Waals surface area contributed by atoms with Crippen LogP contribution in [0.4, 0.5) is 34.1 Å². The number of aromatic nitrogens is 2. The summed E-state index contributed by atoms with van der Waals surface area (Å²) in [5, 5.41) is 1.42. The fourth-order valence-corrected chi connectivity index (χ4v) is 9.13. The van der Waals surface area contributed by atoms with Crippen molar-refractivity contribution in [3.63, 3.8) is 0 Å². The van der Waals surface area contributed by atoms with E-state index >= 15 is 0 Å². The molecule has 0 spiro atoms. The van der Waals surface area contributed by atoms with Gasteiger partial charge in [0, 0.05) is 46.3 Å². The van der Waals surface area contributed by atoms with Crippen molar-refractivity contribution >= 4 is 70.5 Å². The zero-order valence-corrected chi connectivity index (χ0v) is 30.7. The standard InChI is InChI=1S/C45H39BN4Si/c1-30-22-24-47-37(26-30)33-14-6-10-18-39(33)49-41-20-12-8-16-35(41)46-36-17-9-13-21-42(36)50(44-29-32(51(3,4)5)28-43(49)45(44)46)40-19-11-7-15-34(40)38-27-31(2)23-25-48-38/h6-29H,1-5H3. The zero-order valence-electron chi connectivity index (χ0n) is 29.7. The summed E-state index contributed by atoms with van der Waals surface area (Å²) >= 11 is 0. The molecule has 2 aliphatic rings. The van der Waals surface area contributed by atoms with E-state index in [4.69, 9.17) is 9.97 Å². The summed E-state index contributed by atoms with van der Waals surface area (Å²) in [5.74, 6) is 0. The average Bonchev–Trinajstić information content (AvgIpc) is 3.14. The molecule has 5 aromatic carbocycles. The van der Waals surface area contributed by atoms with Crippen molar-refractivity contribution in [2.75, 3.05) is 9.80 Å². The number of aryl methyl sites for hydroxylation is 2. The number of rotatable bonds is 5. The maximum absolute atomic E-state index is 4.89. The molecule has 0 amide bonds. The van der Waals surface area contributed by atoms with Crippen LogP contribution in [0.2, 0.25) is 19.6 Å².